The maximum absolute atomic E-state index is 10.7. The first kappa shape index (κ1) is 11.7. The summed E-state index contributed by atoms with van der Waals surface area (Å²) in [5, 5.41) is 15.7. The minimum Gasteiger partial charge on any atom is -0.476 e. The molecule has 6 heteroatoms. The molecule has 1 aromatic heterocycles. The molecule has 2 N–H and O–H groups in total. The molecule has 3 fully saturated rings. The minimum absolute atomic E-state index is 0.0271. The van der Waals surface area contributed by atoms with Gasteiger partial charge in [0.15, 0.2) is 11.5 Å². The summed E-state index contributed by atoms with van der Waals surface area (Å²) in [5.41, 5.74) is -0.0271. The molecule has 4 heterocycles. The summed E-state index contributed by atoms with van der Waals surface area (Å²) in [6.45, 7) is 4.07. The van der Waals surface area contributed by atoms with Crippen molar-refractivity contribution in [3.05, 3.63) is 17.5 Å². The molecular weight excluding hydrogens is 234 g/mol. The van der Waals surface area contributed by atoms with Crippen LogP contribution in [-0.4, -0.2) is 46.8 Å². The molecule has 0 aliphatic carbocycles. The second-order valence-electron chi connectivity index (χ2n) is 5.11. The van der Waals surface area contributed by atoms with Gasteiger partial charge in [0.1, 0.15) is 0 Å². The predicted molar refractivity (Wildman–Crippen MR) is 63.3 cm³/mol. The number of carbonyl (C=O) groups is 1. The second kappa shape index (κ2) is 4.70. The van der Waals surface area contributed by atoms with Crippen LogP contribution in [0.15, 0.2) is 10.6 Å². The molecule has 1 aromatic rings. The number of hydrogen-bond acceptors (Lipinski definition) is 5. The van der Waals surface area contributed by atoms with Gasteiger partial charge in [0, 0.05) is 18.7 Å². The summed E-state index contributed by atoms with van der Waals surface area (Å²) in [4.78, 5) is 13.1. The van der Waals surface area contributed by atoms with Crippen LogP contribution in [0.2, 0.25) is 0 Å². The van der Waals surface area contributed by atoms with Crippen molar-refractivity contribution < 1.29 is 14.4 Å². The van der Waals surface area contributed by atoms with Gasteiger partial charge >= 0.3 is 5.97 Å². The average Bonchev–Trinajstić information content (AvgIpc) is 2.87. The number of carboxylic acids is 1. The third-order valence-electron chi connectivity index (χ3n) is 3.97. The van der Waals surface area contributed by atoms with Crippen LogP contribution < -0.4 is 5.32 Å². The number of nitrogens with zero attached hydrogens (tertiary/aromatic N) is 2. The smallest absolute Gasteiger partial charge is 0.358 e. The summed E-state index contributed by atoms with van der Waals surface area (Å²) in [5.74, 6) is 0.286. The molecule has 1 unspecified atom stereocenters. The Labute approximate surface area is 105 Å². The monoisotopic (exact) mass is 251 g/mol. The van der Waals surface area contributed by atoms with E-state index in [0.717, 1.165) is 12.5 Å². The molecule has 18 heavy (non-hydrogen) atoms. The summed E-state index contributed by atoms with van der Waals surface area (Å²) in [6.07, 6.45) is 2.52. The zero-order chi connectivity index (χ0) is 12.5. The molecule has 0 saturated carbocycles. The maximum Gasteiger partial charge on any atom is 0.358 e. The predicted octanol–water partition coefficient (Wildman–Crippen LogP) is 0.557. The standard InChI is InChI=1S/C12H17N3O3/c16-12(17)10-5-9(18-14-10)6-13-11-7-15-3-1-8(11)2-4-15/h5,8,11,13H,1-4,6-7H2,(H,16,17). The number of aromatic nitrogens is 1. The highest BCUT2D eigenvalue weighted by Gasteiger charge is 2.33. The maximum atomic E-state index is 10.7. The Morgan fingerprint density at radius 2 is 2.33 bits per heavy atom. The molecule has 0 spiro atoms. The highest BCUT2D eigenvalue weighted by atomic mass is 16.5. The Balaban J connectivity index is 1.56. The van der Waals surface area contributed by atoms with Crippen molar-refractivity contribution in [1.82, 2.24) is 15.4 Å². The molecule has 0 aromatic carbocycles. The van der Waals surface area contributed by atoms with Gasteiger partial charge in [0.25, 0.3) is 0 Å². The molecule has 1 atom stereocenters. The van der Waals surface area contributed by atoms with Gasteiger partial charge in [-0.25, -0.2) is 4.79 Å². The van der Waals surface area contributed by atoms with Crippen molar-refractivity contribution >= 4 is 5.97 Å². The highest BCUT2D eigenvalue weighted by molar-refractivity contribution is 5.85. The van der Waals surface area contributed by atoms with E-state index in [2.05, 4.69) is 15.4 Å². The van der Waals surface area contributed by atoms with Crippen LogP contribution >= 0.6 is 0 Å². The SMILES string of the molecule is O=C(O)c1cc(CNC2CN3CCC2CC3)on1. The Kier molecular flexibility index (Phi) is 3.05. The van der Waals surface area contributed by atoms with Crippen molar-refractivity contribution in [2.45, 2.75) is 25.4 Å². The van der Waals surface area contributed by atoms with Crippen LogP contribution in [0.25, 0.3) is 0 Å². The lowest BCUT2D eigenvalue weighted by Gasteiger charge is -2.45. The molecule has 6 nitrogen and oxygen atoms in total. The van der Waals surface area contributed by atoms with Crippen LogP contribution in [0.4, 0.5) is 0 Å². The molecule has 4 rings (SSSR count). The summed E-state index contributed by atoms with van der Waals surface area (Å²) in [7, 11) is 0. The minimum atomic E-state index is -1.05. The van der Waals surface area contributed by atoms with Gasteiger partial charge in [-0.05, 0) is 31.8 Å². The Morgan fingerprint density at radius 1 is 1.56 bits per heavy atom. The summed E-state index contributed by atoms with van der Waals surface area (Å²) < 4.78 is 4.99. The first-order chi connectivity index (χ1) is 8.72. The lowest BCUT2D eigenvalue weighted by atomic mass is 9.84. The van der Waals surface area contributed by atoms with Crippen molar-refractivity contribution in [2.75, 3.05) is 19.6 Å². The number of aromatic carboxylic acids is 1. The fourth-order valence-electron chi connectivity index (χ4n) is 2.93. The zero-order valence-corrected chi connectivity index (χ0v) is 10.1. The van der Waals surface area contributed by atoms with Gasteiger partial charge < -0.3 is 19.8 Å². The summed E-state index contributed by atoms with van der Waals surface area (Å²) in [6, 6.07) is 1.97. The molecule has 0 radical (unpaired) electrons. The van der Waals surface area contributed by atoms with E-state index < -0.39 is 5.97 Å². The Hall–Kier alpha value is -1.40. The second-order valence-corrected chi connectivity index (χ2v) is 5.11. The van der Waals surface area contributed by atoms with Crippen LogP contribution in [0, 0.1) is 5.92 Å². The van der Waals surface area contributed by atoms with Gasteiger partial charge in [0.2, 0.25) is 0 Å². The number of hydrogen-bond donors (Lipinski definition) is 2. The van der Waals surface area contributed by atoms with Gasteiger partial charge in [-0.15, -0.1) is 0 Å². The van der Waals surface area contributed by atoms with E-state index in [1.807, 2.05) is 0 Å². The van der Waals surface area contributed by atoms with Gasteiger partial charge in [-0.1, -0.05) is 5.16 Å². The molecule has 3 aliphatic heterocycles. The Morgan fingerprint density at radius 3 is 2.89 bits per heavy atom. The largest absolute Gasteiger partial charge is 0.476 e. The lowest BCUT2D eigenvalue weighted by molar-refractivity contribution is 0.0684. The van der Waals surface area contributed by atoms with Gasteiger partial charge in [0.05, 0.1) is 6.54 Å². The molecule has 2 bridgehead atoms. The van der Waals surface area contributed by atoms with E-state index in [4.69, 9.17) is 9.63 Å². The Bertz CT molecular complexity index is 438. The number of fused-ring (bicyclic) bond motifs is 3. The fraction of sp³-hybridized carbons (Fsp3) is 0.667. The number of carboxylic acid groups (broad SMARTS) is 1. The molecule has 0 amide bonds. The van der Waals surface area contributed by atoms with E-state index in [1.54, 1.807) is 0 Å². The lowest BCUT2D eigenvalue weighted by Crippen LogP contribution is -2.55. The van der Waals surface area contributed by atoms with Crippen LogP contribution in [-0.2, 0) is 6.54 Å². The van der Waals surface area contributed by atoms with Crippen molar-refractivity contribution in [1.29, 1.82) is 0 Å². The van der Waals surface area contributed by atoms with E-state index in [1.165, 1.54) is 32.0 Å². The third kappa shape index (κ3) is 2.26. The quantitative estimate of drug-likeness (QED) is 0.814. The molecule has 98 valence electrons. The van der Waals surface area contributed by atoms with Crippen LogP contribution in [0.5, 0.6) is 0 Å². The van der Waals surface area contributed by atoms with Crippen LogP contribution in [0.1, 0.15) is 29.1 Å². The molecule has 3 aliphatic rings. The molecule has 3 saturated heterocycles. The number of nitrogens with one attached hydrogen (secondary N) is 1. The zero-order valence-electron chi connectivity index (χ0n) is 10.1. The highest BCUT2D eigenvalue weighted by Crippen LogP contribution is 2.27. The third-order valence-corrected chi connectivity index (χ3v) is 3.97. The normalized spacial score (nSPS) is 30.6. The van der Waals surface area contributed by atoms with Crippen molar-refractivity contribution in [2.24, 2.45) is 5.92 Å². The van der Waals surface area contributed by atoms with E-state index in [-0.39, 0.29) is 5.69 Å². The van der Waals surface area contributed by atoms with Gasteiger partial charge in [-0.3, -0.25) is 0 Å². The first-order valence-electron chi connectivity index (χ1n) is 6.37. The average molecular weight is 251 g/mol. The van der Waals surface area contributed by atoms with E-state index in [0.29, 0.717) is 18.3 Å². The van der Waals surface area contributed by atoms with E-state index >= 15 is 0 Å². The van der Waals surface area contributed by atoms with Crippen molar-refractivity contribution in [3.8, 4) is 0 Å². The fourth-order valence-corrected chi connectivity index (χ4v) is 2.93. The topological polar surface area (TPSA) is 78.6 Å². The number of rotatable bonds is 4. The summed E-state index contributed by atoms with van der Waals surface area (Å²) >= 11 is 0. The number of piperidine rings is 3. The van der Waals surface area contributed by atoms with Gasteiger partial charge in [-0.2, -0.15) is 0 Å². The van der Waals surface area contributed by atoms with Crippen molar-refractivity contribution in [3.63, 3.8) is 0 Å². The molecular formula is C12H17N3O3. The first-order valence-corrected chi connectivity index (χ1v) is 6.37. The van der Waals surface area contributed by atoms with E-state index in [9.17, 15) is 4.79 Å². The van der Waals surface area contributed by atoms with Crippen LogP contribution in [0.3, 0.4) is 0 Å².